The fourth-order valence-electron chi connectivity index (χ4n) is 6.32. The number of fused-ring (bicyclic) bond motifs is 3. The Morgan fingerprint density at radius 1 is 0.619 bits per heavy atom. The van der Waals surface area contributed by atoms with Gasteiger partial charge in [0.05, 0.1) is 0 Å². The van der Waals surface area contributed by atoms with E-state index in [0.29, 0.717) is 3.67 Å². The Hall–Kier alpha value is -2.32. The molecule has 0 unspecified atom stereocenters. The molecule has 0 nitrogen and oxygen atoms in total. The van der Waals surface area contributed by atoms with Crippen LogP contribution in [0, 0.1) is 0 Å². The van der Waals surface area contributed by atoms with Gasteiger partial charge in [0.2, 0.25) is 0 Å². The van der Waals surface area contributed by atoms with Gasteiger partial charge in [-0.15, -0.1) is 0 Å². The molecule has 0 spiro atoms. The fourth-order valence-corrected chi connectivity index (χ4v) is 19.5. The SMILES string of the molecule is CC(C)(C)c1ccc2c(c1)-c1cc(C(C)(C)C)ccc1[CH]2[Hf+2]([C]1=CC=CC1)=[C](c1ccccc1)c1ccccc1.[Cl-].[Cl-]. The minimum Gasteiger partial charge on any atom is -1.00 e. The van der Waals surface area contributed by atoms with Crippen molar-refractivity contribution in [2.75, 3.05) is 0 Å². The van der Waals surface area contributed by atoms with Gasteiger partial charge in [0.1, 0.15) is 0 Å². The molecule has 4 aromatic rings. The molecular weight excluding hydrogens is 718 g/mol. The van der Waals surface area contributed by atoms with E-state index in [9.17, 15) is 0 Å². The standard InChI is InChI=1S/C21H25.C13H10.C5H5.2ClH.Hf/c1-20(2,3)16-9-7-14-11-15-8-10-17(21(4,5)6)13-19(15)18(14)12-16;1-3-7-12(8-4-1)11-13-9-5-2-6-10-13;1-2-4-5-3-1;;;/h7-13H,1-6H3;1-10H;1-3H,4H2;2*1H;/q;;;;;+2/p-2. The van der Waals surface area contributed by atoms with E-state index in [1.165, 1.54) is 33.4 Å². The van der Waals surface area contributed by atoms with Crippen molar-refractivity contribution in [1.29, 1.82) is 0 Å². The summed E-state index contributed by atoms with van der Waals surface area (Å²) in [5.74, 6) is 0. The Morgan fingerprint density at radius 2 is 1.07 bits per heavy atom. The fraction of sp³-hybridized carbons (Fsp3) is 0.256. The molecule has 0 atom stereocenters. The average Bonchev–Trinajstić information content (AvgIpc) is 3.58. The maximum absolute atomic E-state index is 2.85. The summed E-state index contributed by atoms with van der Waals surface area (Å²) in [6.45, 7) is 14.0. The smallest absolute Gasteiger partial charge is 1.00 e. The van der Waals surface area contributed by atoms with Gasteiger partial charge < -0.3 is 24.8 Å². The summed E-state index contributed by atoms with van der Waals surface area (Å²) < 4.78 is 3.79. The maximum Gasteiger partial charge on any atom is -1.00 e. The number of rotatable bonds is 4. The van der Waals surface area contributed by atoms with E-state index in [2.05, 4.69) is 157 Å². The molecule has 3 heteroatoms. The van der Waals surface area contributed by atoms with E-state index >= 15 is 0 Å². The van der Waals surface area contributed by atoms with Gasteiger partial charge >= 0.3 is 250 Å². The van der Waals surface area contributed by atoms with Gasteiger partial charge in [0.25, 0.3) is 0 Å². The van der Waals surface area contributed by atoms with Crippen LogP contribution in [0.5, 0.6) is 0 Å². The minimum absolute atomic E-state index is 0. The van der Waals surface area contributed by atoms with E-state index < -0.39 is 21.0 Å². The second-order valence-corrected chi connectivity index (χ2v) is 22.5. The molecule has 42 heavy (non-hydrogen) atoms. The van der Waals surface area contributed by atoms with Crippen molar-refractivity contribution in [1.82, 2.24) is 0 Å². The summed E-state index contributed by atoms with van der Waals surface area (Å²) >= 11 is -2.85. The van der Waals surface area contributed by atoms with E-state index in [1.54, 1.807) is 17.7 Å². The van der Waals surface area contributed by atoms with Gasteiger partial charge in [0.15, 0.2) is 0 Å². The third kappa shape index (κ3) is 6.17. The van der Waals surface area contributed by atoms with Crippen LogP contribution in [0.4, 0.5) is 0 Å². The molecule has 0 fully saturated rings. The number of halogens is 2. The van der Waals surface area contributed by atoms with Crippen LogP contribution in [0.2, 0.25) is 0 Å². The van der Waals surface area contributed by atoms with Gasteiger partial charge in [-0.3, -0.25) is 0 Å². The molecule has 2 aliphatic rings. The Bertz CT molecular complexity index is 1560. The van der Waals surface area contributed by atoms with Crippen molar-refractivity contribution < 1.29 is 45.8 Å². The summed E-state index contributed by atoms with van der Waals surface area (Å²) in [4.78, 5) is 0. The molecule has 0 radical (unpaired) electrons. The monoisotopic (exact) mass is 758 g/mol. The van der Waals surface area contributed by atoms with Crippen LogP contribution in [0.1, 0.15) is 85.0 Å². The summed E-state index contributed by atoms with van der Waals surface area (Å²) in [6, 6.07) is 37.4. The van der Waals surface area contributed by atoms with Gasteiger partial charge in [-0.25, -0.2) is 0 Å². The summed E-state index contributed by atoms with van der Waals surface area (Å²) in [7, 11) is 0. The van der Waals surface area contributed by atoms with Crippen molar-refractivity contribution in [2.45, 2.75) is 62.5 Å². The molecule has 0 aliphatic heterocycles. The molecule has 4 aromatic carbocycles. The van der Waals surface area contributed by atoms with Crippen molar-refractivity contribution in [3.8, 4) is 11.1 Å². The molecule has 0 heterocycles. The summed E-state index contributed by atoms with van der Waals surface area (Å²) in [5, 5.41) is 0. The molecule has 0 N–H and O–H groups in total. The predicted octanol–water partition coefficient (Wildman–Crippen LogP) is 4.09. The van der Waals surface area contributed by atoms with Crippen molar-refractivity contribution >= 4 is 3.26 Å². The molecule has 0 saturated heterocycles. The summed E-state index contributed by atoms with van der Waals surface area (Å²) in [5.41, 5.74) is 11.9. The van der Waals surface area contributed by atoms with Crippen molar-refractivity contribution in [3.63, 3.8) is 0 Å². The largest absolute Gasteiger partial charge is 1.00 e. The second-order valence-electron chi connectivity index (χ2n) is 13.4. The van der Waals surface area contributed by atoms with Crippen molar-refractivity contribution in [3.05, 3.63) is 152 Å². The minimum atomic E-state index is -2.85. The predicted molar refractivity (Wildman–Crippen MR) is 169 cm³/mol. The third-order valence-electron chi connectivity index (χ3n) is 8.55. The Balaban J connectivity index is 0.00000202. The zero-order chi connectivity index (χ0) is 28.1. The van der Waals surface area contributed by atoms with Crippen LogP contribution >= 0.6 is 0 Å². The number of benzene rings is 4. The average molecular weight is 758 g/mol. The van der Waals surface area contributed by atoms with Crippen LogP contribution in [0.15, 0.2) is 119 Å². The number of allylic oxidation sites excluding steroid dienone is 4. The zero-order valence-electron chi connectivity index (χ0n) is 25.5. The van der Waals surface area contributed by atoms with Gasteiger partial charge in [-0.05, 0) is 0 Å². The van der Waals surface area contributed by atoms with Crippen LogP contribution in [-0.4, -0.2) is 3.26 Å². The molecule has 0 bridgehead atoms. The van der Waals surface area contributed by atoms with Crippen LogP contribution < -0.4 is 24.8 Å². The third-order valence-corrected chi connectivity index (χ3v) is 20.7. The second kappa shape index (κ2) is 12.7. The van der Waals surface area contributed by atoms with E-state index in [4.69, 9.17) is 0 Å². The van der Waals surface area contributed by atoms with Crippen molar-refractivity contribution in [2.24, 2.45) is 0 Å². The molecular formula is C39H40Cl2Hf. The van der Waals surface area contributed by atoms with E-state index in [-0.39, 0.29) is 35.6 Å². The maximum atomic E-state index is 2.52. The van der Waals surface area contributed by atoms with E-state index in [0.717, 1.165) is 6.42 Å². The Kier molecular flexibility index (Phi) is 9.88. The molecule has 2 aliphatic carbocycles. The molecule has 6 rings (SSSR count). The molecule has 214 valence electrons. The molecule has 0 saturated carbocycles. The quantitative estimate of drug-likeness (QED) is 0.276. The topological polar surface area (TPSA) is 0 Å². The van der Waals surface area contributed by atoms with Gasteiger partial charge in [-0.1, -0.05) is 0 Å². The van der Waals surface area contributed by atoms with Crippen LogP contribution in [-0.2, 0) is 31.8 Å². The first-order valence-electron chi connectivity index (χ1n) is 14.6. The molecule has 0 amide bonds. The van der Waals surface area contributed by atoms with Gasteiger partial charge in [0, 0.05) is 0 Å². The first-order valence-corrected chi connectivity index (χ1v) is 20.3. The summed E-state index contributed by atoms with van der Waals surface area (Å²) in [6.07, 6.45) is 8.23. The number of hydrogen-bond donors (Lipinski definition) is 0. The Labute approximate surface area is 272 Å². The molecule has 0 aromatic heterocycles. The van der Waals surface area contributed by atoms with E-state index in [1.807, 2.05) is 0 Å². The first-order chi connectivity index (χ1) is 19.1. The number of hydrogen-bond acceptors (Lipinski definition) is 0. The van der Waals surface area contributed by atoms with Gasteiger partial charge in [-0.2, -0.15) is 0 Å². The first kappa shape index (κ1) is 32.6. The van der Waals surface area contributed by atoms with Crippen LogP contribution in [0.3, 0.4) is 0 Å². The van der Waals surface area contributed by atoms with Crippen LogP contribution in [0.25, 0.3) is 11.1 Å². The Morgan fingerprint density at radius 3 is 1.45 bits per heavy atom. The zero-order valence-corrected chi connectivity index (χ0v) is 30.6. The normalized spacial score (nSPS) is 13.7.